The molecule has 1 saturated carbocycles. The van der Waals surface area contributed by atoms with Crippen molar-refractivity contribution in [3.05, 3.63) is 89.9 Å². The first-order valence-corrected chi connectivity index (χ1v) is 13.1. The topological polar surface area (TPSA) is 28.7 Å². The van der Waals surface area contributed by atoms with E-state index in [2.05, 4.69) is 86.2 Å². The molecule has 2 heterocycles. The van der Waals surface area contributed by atoms with Gasteiger partial charge in [-0.05, 0) is 86.7 Å². The number of aromatic amines is 1. The van der Waals surface area contributed by atoms with Crippen molar-refractivity contribution in [1.29, 1.82) is 0 Å². The molecule has 0 amide bonds. The number of rotatable bonds is 5. The van der Waals surface area contributed by atoms with Crippen molar-refractivity contribution in [3.8, 4) is 22.6 Å². The zero-order valence-corrected chi connectivity index (χ0v) is 21.5. The first kappa shape index (κ1) is 23.0. The Kier molecular flexibility index (Phi) is 5.48. The van der Waals surface area contributed by atoms with Crippen molar-refractivity contribution in [2.75, 3.05) is 0 Å². The normalized spacial score (nSPS) is 17.7. The number of hydrogen-bond donors (Lipinski definition) is 1. The van der Waals surface area contributed by atoms with Crippen LogP contribution in [0.4, 0.5) is 4.39 Å². The predicted molar refractivity (Wildman–Crippen MR) is 149 cm³/mol. The number of fused-ring (bicyclic) bond motifs is 2. The van der Waals surface area contributed by atoms with Gasteiger partial charge in [-0.25, -0.2) is 4.39 Å². The molecular formula is C33H33FN2. The molecule has 5 aromatic rings. The molecule has 1 N–H and O–H groups in total. The lowest BCUT2D eigenvalue weighted by molar-refractivity contribution is 0.591. The van der Waals surface area contributed by atoms with Gasteiger partial charge < -0.3 is 4.98 Å². The number of nitrogens with one attached hydrogen (secondary N) is 1. The highest BCUT2D eigenvalue weighted by molar-refractivity contribution is 6.12. The Morgan fingerprint density at radius 1 is 0.889 bits per heavy atom. The minimum Gasteiger partial charge on any atom is -0.353 e. The highest BCUT2D eigenvalue weighted by Gasteiger charge is 2.37. The summed E-state index contributed by atoms with van der Waals surface area (Å²) in [6.07, 6.45) is 5.41. The maximum atomic E-state index is 13.9. The fourth-order valence-electron chi connectivity index (χ4n) is 5.71. The van der Waals surface area contributed by atoms with Gasteiger partial charge in [0.2, 0.25) is 0 Å². The maximum absolute atomic E-state index is 13.9. The molecule has 3 heteroatoms. The molecule has 0 saturated heterocycles. The zero-order chi connectivity index (χ0) is 25.0. The fraction of sp³-hybridized carbons (Fsp3) is 0.303. The van der Waals surface area contributed by atoms with Gasteiger partial charge in [0, 0.05) is 23.5 Å². The Morgan fingerprint density at radius 3 is 2.50 bits per heavy atom. The molecule has 1 fully saturated rings. The zero-order valence-electron chi connectivity index (χ0n) is 21.5. The van der Waals surface area contributed by atoms with Gasteiger partial charge in [0.25, 0.3) is 0 Å². The molecule has 1 aliphatic carbocycles. The van der Waals surface area contributed by atoms with Gasteiger partial charge in [0.1, 0.15) is 5.82 Å². The first-order valence-electron chi connectivity index (χ1n) is 13.1. The van der Waals surface area contributed by atoms with Crippen LogP contribution in [0.25, 0.3) is 44.2 Å². The lowest BCUT2D eigenvalue weighted by Crippen LogP contribution is -2.10. The molecular weight excluding hydrogens is 443 g/mol. The number of aromatic nitrogens is 2. The minimum atomic E-state index is -0.282. The van der Waals surface area contributed by atoms with E-state index >= 15 is 0 Å². The van der Waals surface area contributed by atoms with Crippen LogP contribution in [0.15, 0.2) is 72.9 Å². The van der Waals surface area contributed by atoms with Crippen molar-refractivity contribution in [1.82, 2.24) is 9.97 Å². The standard InChI is InChI=1S/C33H33FN2/c1-5-6-20-17-27(20)21-8-10-26-23(15-21)16-22-7-9-24(33(2,3)4)18-28(22)32(26)30-12-11-29(36-30)31-19-25(34)13-14-35-31/h7-16,18-20,27,36H,5-6,17H2,1-4H3. The Bertz CT molecular complexity index is 1590. The van der Waals surface area contributed by atoms with Crippen LogP contribution in [0.1, 0.15) is 64.0 Å². The molecule has 1 aliphatic rings. The Labute approximate surface area is 212 Å². The number of nitrogens with zero attached hydrogens (tertiary/aromatic N) is 1. The van der Waals surface area contributed by atoms with Crippen LogP contribution >= 0.6 is 0 Å². The second-order valence-corrected chi connectivity index (χ2v) is 11.5. The molecule has 6 rings (SSSR count). The molecule has 0 aliphatic heterocycles. The van der Waals surface area contributed by atoms with Crippen molar-refractivity contribution in [2.45, 2.75) is 58.3 Å². The van der Waals surface area contributed by atoms with E-state index in [0.717, 1.165) is 17.3 Å². The molecule has 36 heavy (non-hydrogen) atoms. The van der Waals surface area contributed by atoms with Gasteiger partial charge in [-0.3, -0.25) is 4.98 Å². The molecule has 2 nitrogen and oxygen atoms in total. The third-order valence-electron chi connectivity index (χ3n) is 7.81. The SMILES string of the molecule is CCCC1CC1c1ccc2c(-c3ccc(-c4cc(F)ccn4)[nH]3)c3cc(C(C)(C)C)ccc3cc2c1. The molecule has 3 aromatic carbocycles. The van der Waals surface area contributed by atoms with E-state index in [0.29, 0.717) is 11.6 Å². The van der Waals surface area contributed by atoms with Gasteiger partial charge in [-0.15, -0.1) is 0 Å². The van der Waals surface area contributed by atoms with Crippen LogP contribution in [0.2, 0.25) is 0 Å². The number of halogens is 1. The van der Waals surface area contributed by atoms with Crippen molar-refractivity contribution >= 4 is 21.5 Å². The molecule has 182 valence electrons. The van der Waals surface area contributed by atoms with E-state index < -0.39 is 0 Å². The molecule has 0 spiro atoms. The quantitative estimate of drug-likeness (QED) is 0.251. The van der Waals surface area contributed by atoms with Crippen LogP contribution in [0, 0.1) is 11.7 Å². The van der Waals surface area contributed by atoms with E-state index in [9.17, 15) is 4.39 Å². The van der Waals surface area contributed by atoms with Crippen molar-refractivity contribution < 1.29 is 4.39 Å². The molecule has 0 bridgehead atoms. The Morgan fingerprint density at radius 2 is 1.72 bits per heavy atom. The van der Waals surface area contributed by atoms with Crippen LogP contribution in [-0.4, -0.2) is 9.97 Å². The van der Waals surface area contributed by atoms with Crippen LogP contribution < -0.4 is 0 Å². The smallest absolute Gasteiger partial charge is 0.126 e. The van der Waals surface area contributed by atoms with Crippen LogP contribution in [0.5, 0.6) is 0 Å². The number of hydrogen-bond acceptors (Lipinski definition) is 1. The van der Waals surface area contributed by atoms with Gasteiger partial charge in [0.05, 0.1) is 11.4 Å². The van der Waals surface area contributed by atoms with E-state index in [1.807, 2.05) is 6.07 Å². The summed E-state index contributed by atoms with van der Waals surface area (Å²) in [6.45, 7) is 9.05. The van der Waals surface area contributed by atoms with E-state index in [1.165, 1.54) is 75.8 Å². The highest BCUT2D eigenvalue weighted by Crippen LogP contribution is 2.51. The van der Waals surface area contributed by atoms with E-state index in [4.69, 9.17) is 0 Å². The predicted octanol–water partition coefficient (Wildman–Crippen LogP) is 9.39. The molecule has 2 atom stereocenters. The summed E-state index contributed by atoms with van der Waals surface area (Å²) < 4.78 is 13.9. The molecule has 2 unspecified atom stereocenters. The summed E-state index contributed by atoms with van der Waals surface area (Å²) in [7, 11) is 0. The van der Waals surface area contributed by atoms with Gasteiger partial charge >= 0.3 is 0 Å². The van der Waals surface area contributed by atoms with Crippen molar-refractivity contribution in [2.24, 2.45) is 5.92 Å². The third kappa shape index (κ3) is 4.11. The van der Waals surface area contributed by atoms with Gasteiger partial charge in [-0.1, -0.05) is 70.9 Å². The average molecular weight is 477 g/mol. The number of benzene rings is 3. The second kappa shape index (κ2) is 8.58. The summed E-state index contributed by atoms with van der Waals surface area (Å²) in [5, 5.41) is 4.99. The monoisotopic (exact) mass is 476 g/mol. The highest BCUT2D eigenvalue weighted by atomic mass is 19.1. The Hall–Kier alpha value is -3.46. The fourth-order valence-corrected chi connectivity index (χ4v) is 5.71. The second-order valence-electron chi connectivity index (χ2n) is 11.5. The summed E-state index contributed by atoms with van der Waals surface area (Å²) in [5.74, 6) is 1.26. The van der Waals surface area contributed by atoms with Gasteiger partial charge in [-0.2, -0.15) is 0 Å². The lowest BCUT2D eigenvalue weighted by atomic mass is 9.84. The molecule has 0 radical (unpaired) electrons. The summed E-state index contributed by atoms with van der Waals surface area (Å²) in [5.41, 5.74) is 6.49. The summed E-state index contributed by atoms with van der Waals surface area (Å²) >= 11 is 0. The van der Waals surface area contributed by atoms with E-state index in [-0.39, 0.29) is 11.2 Å². The Balaban J connectivity index is 1.55. The lowest BCUT2D eigenvalue weighted by Gasteiger charge is -2.21. The van der Waals surface area contributed by atoms with E-state index in [1.54, 1.807) is 0 Å². The minimum absolute atomic E-state index is 0.0525. The third-order valence-corrected chi connectivity index (χ3v) is 7.81. The molecule has 2 aromatic heterocycles. The van der Waals surface area contributed by atoms with Crippen LogP contribution in [-0.2, 0) is 5.41 Å². The van der Waals surface area contributed by atoms with Crippen LogP contribution in [0.3, 0.4) is 0 Å². The summed E-state index contributed by atoms with van der Waals surface area (Å²) in [4.78, 5) is 7.94. The van der Waals surface area contributed by atoms with Crippen molar-refractivity contribution in [3.63, 3.8) is 0 Å². The first-order chi connectivity index (χ1) is 17.3. The maximum Gasteiger partial charge on any atom is 0.126 e. The number of pyridine rings is 1. The van der Waals surface area contributed by atoms with Gasteiger partial charge in [0.15, 0.2) is 0 Å². The average Bonchev–Trinajstić information content (AvgIpc) is 3.45. The largest absolute Gasteiger partial charge is 0.353 e. The number of H-pyrrole nitrogens is 1. The summed E-state index contributed by atoms with van der Waals surface area (Å²) in [6, 6.07) is 23.2.